The van der Waals surface area contributed by atoms with Crippen molar-refractivity contribution >= 4 is 49.1 Å². The molecule has 0 fully saturated rings. The van der Waals surface area contributed by atoms with Crippen LogP contribution in [-0.2, 0) is 0 Å². The molecule has 1 aromatic carbocycles. The summed E-state index contributed by atoms with van der Waals surface area (Å²) in [5, 5.41) is 1.61. The van der Waals surface area contributed by atoms with Crippen LogP contribution in [0, 0.1) is 0 Å². The summed E-state index contributed by atoms with van der Waals surface area (Å²) in [4.78, 5) is 0. The van der Waals surface area contributed by atoms with Crippen LogP contribution in [0.15, 0.2) is 22.7 Å². The third kappa shape index (κ3) is 1.28. The second-order valence-corrected chi connectivity index (χ2v) is 4.19. The van der Waals surface area contributed by atoms with E-state index < -0.39 is 0 Å². The van der Waals surface area contributed by atoms with E-state index in [4.69, 9.17) is 11.6 Å². The highest BCUT2D eigenvalue weighted by Crippen LogP contribution is 2.28. The Bertz CT molecular complexity index is 398. The van der Waals surface area contributed by atoms with E-state index in [9.17, 15) is 0 Å². The standard InChI is InChI=1S/C7H3BrClNS/c8-4-1-2-6-5(3-4)7(9)10-11-6/h1-3H. The molecule has 0 aliphatic rings. The third-order valence-corrected chi connectivity index (χ3v) is 3.10. The quantitative estimate of drug-likeness (QED) is 0.692. The Morgan fingerprint density at radius 2 is 2.27 bits per heavy atom. The zero-order chi connectivity index (χ0) is 7.84. The summed E-state index contributed by atoms with van der Waals surface area (Å²) < 4.78 is 6.18. The molecule has 0 bridgehead atoms. The topological polar surface area (TPSA) is 12.9 Å². The first kappa shape index (κ1) is 7.53. The van der Waals surface area contributed by atoms with E-state index in [0.29, 0.717) is 5.15 Å². The fourth-order valence-electron chi connectivity index (χ4n) is 0.881. The van der Waals surface area contributed by atoms with Crippen LogP contribution in [0.4, 0.5) is 0 Å². The van der Waals surface area contributed by atoms with E-state index in [1.165, 1.54) is 11.5 Å². The number of fused-ring (bicyclic) bond motifs is 1. The molecule has 1 heterocycles. The van der Waals surface area contributed by atoms with Gasteiger partial charge in [-0.2, -0.15) is 4.37 Å². The zero-order valence-corrected chi connectivity index (χ0v) is 8.50. The van der Waals surface area contributed by atoms with Crippen molar-refractivity contribution in [3.63, 3.8) is 0 Å². The molecule has 4 heteroatoms. The highest BCUT2D eigenvalue weighted by molar-refractivity contribution is 9.10. The highest BCUT2D eigenvalue weighted by Gasteiger charge is 2.02. The monoisotopic (exact) mass is 247 g/mol. The lowest BCUT2D eigenvalue weighted by molar-refractivity contribution is 1.60. The normalized spacial score (nSPS) is 10.7. The van der Waals surface area contributed by atoms with E-state index in [-0.39, 0.29) is 0 Å². The molecule has 56 valence electrons. The first-order valence-electron chi connectivity index (χ1n) is 2.98. The first-order valence-corrected chi connectivity index (χ1v) is 4.92. The maximum atomic E-state index is 5.82. The van der Waals surface area contributed by atoms with Crippen molar-refractivity contribution in [1.82, 2.24) is 4.37 Å². The van der Waals surface area contributed by atoms with Crippen LogP contribution in [0.25, 0.3) is 10.1 Å². The van der Waals surface area contributed by atoms with Gasteiger partial charge in [0.05, 0.1) is 4.70 Å². The van der Waals surface area contributed by atoms with E-state index in [1.54, 1.807) is 0 Å². The Kier molecular flexibility index (Phi) is 1.87. The van der Waals surface area contributed by atoms with Crippen LogP contribution in [-0.4, -0.2) is 4.37 Å². The average molecular weight is 249 g/mol. The Labute approximate surface area is 81.3 Å². The lowest BCUT2D eigenvalue weighted by Crippen LogP contribution is -1.64. The molecule has 0 aliphatic heterocycles. The van der Waals surface area contributed by atoms with Gasteiger partial charge in [0.25, 0.3) is 0 Å². The summed E-state index contributed by atoms with van der Waals surface area (Å²) >= 11 is 10.6. The van der Waals surface area contributed by atoms with Gasteiger partial charge in [-0.15, -0.1) is 0 Å². The van der Waals surface area contributed by atoms with Crippen LogP contribution in [0.1, 0.15) is 0 Å². The Hall–Kier alpha value is -0.120. The smallest absolute Gasteiger partial charge is 0.150 e. The van der Waals surface area contributed by atoms with Gasteiger partial charge in [0.2, 0.25) is 0 Å². The van der Waals surface area contributed by atoms with Crippen molar-refractivity contribution in [3.8, 4) is 0 Å². The summed E-state index contributed by atoms with van der Waals surface area (Å²) in [5.41, 5.74) is 0. The second-order valence-electron chi connectivity index (χ2n) is 2.11. The molecular formula is C7H3BrClNS. The van der Waals surface area contributed by atoms with E-state index in [1.807, 2.05) is 18.2 Å². The van der Waals surface area contributed by atoms with Gasteiger partial charge in [0.15, 0.2) is 5.15 Å². The third-order valence-electron chi connectivity index (χ3n) is 1.39. The highest BCUT2D eigenvalue weighted by atomic mass is 79.9. The first-order chi connectivity index (χ1) is 5.27. The Balaban J connectivity index is 2.87. The molecule has 0 saturated heterocycles. The van der Waals surface area contributed by atoms with Crippen molar-refractivity contribution in [2.75, 3.05) is 0 Å². The Morgan fingerprint density at radius 3 is 3.09 bits per heavy atom. The molecule has 0 amide bonds. The van der Waals surface area contributed by atoms with E-state index in [2.05, 4.69) is 20.3 Å². The lowest BCUT2D eigenvalue weighted by Gasteiger charge is -1.88. The zero-order valence-electron chi connectivity index (χ0n) is 5.34. The number of hydrogen-bond acceptors (Lipinski definition) is 2. The van der Waals surface area contributed by atoms with Crippen molar-refractivity contribution in [2.45, 2.75) is 0 Å². The van der Waals surface area contributed by atoms with Crippen LogP contribution in [0.5, 0.6) is 0 Å². The summed E-state index contributed by atoms with van der Waals surface area (Å²) in [6.45, 7) is 0. The van der Waals surface area contributed by atoms with Crippen molar-refractivity contribution < 1.29 is 0 Å². The largest absolute Gasteiger partial charge is 0.180 e. The van der Waals surface area contributed by atoms with Crippen molar-refractivity contribution in [1.29, 1.82) is 0 Å². The molecule has 1 nitrogen and oxygen atoms in total. The molecule has 0 spiro atoms. The van der Waals surface area contributed by atoms with Crippen LogP contribution in [0.3, 0.4) is 0 Å². The van der Waals surface area contributed by atoms with Crippen LogP contribution in [0.2, 0.25) is 5.15 Å². The van der Waals surface area contributed by atoms with Gasteiger partial charge in [-0.25, -0.2) is 0 Å². The van der Waals surface area contributed by atoms with Gasteiger partial charge in [0, 0.05) is 9.86 Å². The fraction of sp³-hybridized carbons (Fsp3) is 0. The summed E-state index contributed by atoms with van der Waals surface area (Å²) in [5.74, 6) is 0. The molecule has 1 aromatic heterocycles. The minimum atomic E-state index is 0.589. The van der Waals surface area contributed by atoms with Gasteiger partial charge in [-0.1, -0.05) is 27.5 Å². The molecular weight excluding hydrogens is 246 g/mol. The number of hydrogen-bond donors (Lipinski definition) is 0. The van der Waals surface area contributed by atoms with Gasteiger partial charge in [0.1, 0.15) is 0 Å². The number of nitrogens with zero attached hydrogens (tertiary/aromatic N) is 1. The number of benzene rings is 1. The predicted octanol–water partition coefficient (Wildman–Crippen LogP) is 3.71. The van der Waals surface area contributed by atoms with Gasteiger partial charge >= 0.3 is 0 Å². The van der Waals surface area contributed by atoms with Crippen molar-refractivity contribution in [2.24, 2.45) is 0 Å². The van der Waals surface area contributed by atoms with Gasteiger partial charge in [-0.3, -0.25) is 0 Å². The minimum Gasteiger partial charge on any atom is -0.180 e. The van der Waals surface area contributed by atoms with Crippen LogP contribution < -0.4 is 0 Å². The van der Waals surface area contributed by atoms with E-state index in [0.717, 1.165) is 14.6 Å². The molecule has 2 rings (SSSR count). The maximum absolute atomic E-state index is 5.82. The summed E-state index contributed by atoms with van der Waals surface area (Å²) in [7, 11) is 0. The molecule has 0 atom stereocenters. The van der Waals surface area contributed by atoms with Crippen molar-refractivity contribution in [3.05, 3.63) is 27.8 Å². The molecule has 0 saturated carbocycles. The molecule has 0 unspecified atom stereocenters. The Morgan fingerprint density at radius 1 is 1.45 bits per heavy atom. The second kappa shape index (κ2) is 2.73. The fourth-order valence-corrected chi connectivity index (χ4v) is 2.22. The van der Waals surface area contributed by atoms with Gasteiger partial charge < -0.3 is 0 Å². The summed E-state index contributed by atoms with van der Waals surface area (Å²) in [6, 6.07) is 5.96. The van der Waals surface area contributed by atoms with Gasteiger partial charge in [-0.05, 0) is 29.7 Å². The maximum Gasteiger partial charge on any atom is 0.150 e. The lowest BCUT2D eigenvalue weighted by atomic mass is 10.3. The number of aromatic nitrogens is 1. The SMILES string of the molecule is Clc1nsc2ccc(Br)cc12. The average Bonchev–Trinajstić information content (AvgIpc) is 2.33. The molecule has 0 N–H and O–H groups in total. The van der Waals surface area contributed by atoms with E-state index >= 15 is 0 Å². The molecule has 2 aromatic rings. The molecule has 0 radical (unpaired) electrons. The predicted molar refractivity (Wildman–Crippen MR) is 52.3 cm³/mol. The number of rotatable bonds is 0. The molecule has 0 aliphatic carbocycles. The molecule has 11 heavy (non-hydrogen) atoms. The minimum absolute atomic E-state index is 0.589. The van der Waals surface area contributed by atoms with Crippen LogP contribution >= 0.6 is 39.1 Å². The number of halogens is 2. The summed E-state index contributed by atoms with van der Waals surface area (Å²) in [6.07, 6.45) is 0.